The molecule has 0 fully saturated rings. The van der Waals surface area contributed by atoms with E-state index in [0.717, 1.165) is 0 Å². The lowest BCUT2D eigenvalue weighted by Crippen LogP contribution is -2.23. The second-order valence-corrected chi connectivity index (χ2v) is 6.53. The largest absolute Gasteiger partial charge is 0.381 e. The molecule has 1 aromatic carbocycles. The molecule has 9 heteroatoms. The number of benzene rings is 1. The molecular weight excluding hydrogens is 376 g/mol. The van der Waals surface area contributed by atoms with E-state index < -0.39 is 17.9 Å². The van der Waals surface area contributed by atoms with Gasteiger partial charge in [-0.25, -0.2) is 13.5 Å². The summed E-state index contributed by atoms with van der Waals surface area (Å²) in [6, 6.07) is 4.10. The smallest absolute Gasteiger partial charge is 0.273 e. The zero-order valence-corrected chi connectivity index (χ0v) is 16.0. The average molecular weight is 398 g/mol. The van der Waals surface area contributed by atoms with Crippen LogP contribution in [0.4, 0.5) is 8.78 Å². The number of halogens is 3. The molecule has 0 aliphatic carbocycles. The van der Waals surface area contributed by atoms with Crippen molar-refractivity contribution in [1.82, 2.24) is 25.2 Å². The Labute approximate surface area is 161 Å². The number of nitrogens with one attached hydrogen (secondary N) is 1. The molecule has 1 atom stereocenters. The third-order valence-electron chi connectivity index (χ3n) is 3.80. The van der Waals surface area contributed by atoms with Crippen molar-refractivity contribution in [3.8, 4) is 0 Å². The Balaban J connectivity index is 1.85. The van der Waals surface area contributed by atoms with Gasteiger partial charge < -0.3 is 10.2 Å². The minimum Gasteiger partial charge on any atom is -0.381 e. The van der Waals surface area contributed by atoms with E-state index in [-0.39, 0.29) is 24.3 Å². The molecule has 0 saturated carbocycles. The fourth-order valence-electron chi connectivity index (χ4n) is 2.40. The van der Waals surface area contributed by atoms with Crippen molar-refractivity contribution >= 4 is 17.5 Å². The molecule has 0 aliphatic rings. The zero-order chi connectivity index (χ0) is 19.8. The third kappa shape index (κ3) is 6.63. The van der Waals surface area contributed by atoms with E-state index in [2.05, 4.69) is 15.6 Å². The van der Waals surface area contributed by atoms with Crippen LogP contribution in [0, 0.1) is 5.82 Å². The summed E-state index contributed by atoms with van der Waals surface area (Å²) in [6.45, 7) is 2.43. The Bertz CT molecular complexity index is 796. The number of alkyl halides is 1. The Morgan fingerprint density at radius 3 is 3.00 bits per heavy atom. The van der Waals surface area contributed by atoms with Crippen molar-refractivity contribution in [2.45, 2.75) is 32.6 Å². The number of rotatable bonds is 9. The lowest BCUT2D eigenvalue weighted by atomic mass is 10.2. The Morgan fingerprint density at radius 2 is 2.26 bits per heavy atom. The van der Waals surface area contributed by atoms with Gasteiger partial charge in [0.15, 0.2) is 5.69 Å². The van der Waals surface area contributed by atoms with Crippen molar-refractivity contribution in [2.75, 3.05) is 13.6 Å². The maximum absolute atomic E-state index is 14.1. The number of carbonyl (C=O) groups is 1. The highest BCUT2D eigenvalue weighted by molar-refractivity contribution is 6.30. The van der Waals surface area contributed by atoms with Crippen LogP contribution in [0.3, 0.4) is 0 Å². The summed E-state index contributed by atoms with van der Waals surface area (Å²) in [5, 5.41) is 10.4. The van der Waals surface area contributed by atoms with Gasteiger partial charge in [-0.15, -0.1) is 5.10 Å². The van der Waals surface area contributed by atoms with Gasteiger partial charge in [0, 0.05) is 30.7 Å². The molecule has 1 unspecified atom stereocenters. The van der Waals surface area contributed by atoms with Crippen LogP contribution in [0.2, 0.25) is 5.02 Å². The normalized spacial score (nSPS) is 12.3. The summed E-state index contributed by atoms with van der Waals surface area (Å²) in [6.07, 6.45) is 4.33. The van der Waals surface area contributed by atoms with Crippen molar-refractivity contribution in [1.29, 1.82) is 0 Å². The van der Waals surface area contributed by atoms with E-state index in [4.69, 9.17) is 11.6 Å². The van der Waals surface area contributed by atoms with Crippen LogP contribution in [0.5, 0.6) is 0 Å². The zero-order valence-electron chi connectivity index (χ0n) is 15.2. The first-order valence-corrected chi connectivity index (χ1v) is 8.86. The highest BCUT2D eigenvalue weighted by Gasteiger charge is 2.14. The van der Waals surface area contributed by atoms with Crippen LogP contribution in [-0.2, 0) is 13.1 Å². The van der Waals surface area contributed by atoms with E-state index >= 15 is 0 Å². The molecule has 27 heavy (non-hydrogen) atoms. The standard InChI is InChI=1S/C18H22ClF2N5O/c1-3-7-25(2)8-6-15(20)11-26-12-17(23-24-26)18(27)22-10-13-9-14(19)4-5-16(13)21/h3-5,7,9,12,15H,6,8,10-11H2,1-2H3,(H,22,27)/b7-3-. The van der Waals surface area contributed by atoms with Gasteiger partial charge in [-0.3, -0.25) is 4.79 Å². The number of allylic oxidation sites excluding steroid dienone is 1. The van der Waals surface area contributed by atoms with E-state index in [1.54, 1.807) is 0 Å². The van der Waals surface area contributed by atoms with Gasteiger partial charge in [0.25, 0.3) is 5.91 Å². The van der Waals surface area contributed by atoms with Crippen LogP contribution in [0.25, 0.3) is 0 Å². The Hall–Kier alpha value is -2.48. The van der Waals surface area contributed by atoms with Gasteiger partial charge in [-0.05, 0) is 37.7 Å². The summed E-state index contributed by atoms with van der Waals surface area (Å²) in [5.74, 6) is -0.990. The molecule has 146 valence electrons. The minimum absolute atomic E-state index is 0.00683. The van der Waals surface area contributed by atoms with Gasteiger partial charge in [0.05, 0.1) is 12.7 Å². The first-order valence-electron chi connectivity index (χ1n) is 8.48. The van der Waals surface area contributed by atoms with Gasteiger partial charge in [0.1, 0.15) is 12.0 Å². The lowest BCUT2D eigenvalue weighted by molar-refractivity contribution is 0.0945. The fourth-order valence-corrected chi connectivity index (χ4v) is 2.60. The highest BCUT2D eigenvalue weighted by atomic mass is 35.5. The molecule has 1 N–H and O–H groups in total. The van der Waals surface area contributed by atoms with Gasteiger partial charge in [0.2, 0.25) is 0 Å². The van der Waals surface area contributed by atoms with Crippen LogP contribution in [0.15, 0.2) is 36.7 Å². The Kier molecular flexibility index (Phi) is 7.72. The summed E-state index contributed by atoms with van der Waals surface area (Å²) in [7, 11) is 1.87. The SMILES string of the molecule is C/C=C\N(C)CCC(F)Cn1cc(C(=O)NCc2cc(Cl)ccc2F)nn1. The second-order valence-electron chi connectivity index (χ2n) is 6.09. The van der Waals surface area contributed by atoms with Crippen molar-refractivity contribution < 1.29 is 13.6 Å². The molecule has 1 heterocycles. The minimum atomic E-state index is -1.11. The quantitative estimate of drug-likeness (QED) is 0.705. The molecule has 2 rings (SSSR count). The van der Waals surface area contributed by atoms with E-state index in [9.17, 15) is 13.6 Å². The van der Waals surface area contributed by atoms with Gasteiger partial charge in [-0.1, -0.05) is 22.9 Å². The topological polar surface area (TPSA) is 63.1 Å². The van der Waals surface area contributed by atoms with Crippen LogP contribution in [-0.4, -0.2) is 45.6 Å². The third-order valence-corrected chi connectivity index (χ3v) is 4.04. The fraction of sp³-hybridized carbons (Fsp3) is 0.389. The number of carbonyl (C=O) groups excluding carboxylic acids is 1. The first-order chi connectivity index (χ1) is 12.9. The monoisotopic (exact) mass is 397 g/mol. The number of nitrogens with zero attached hydrogens (tertiary/aromatic N) is 4. The van der Waals surface area contributed by atoms with Crippen molar-refractivity contribution in [2.24, 2.45) is 0 Å². The van der Waals surface area contributed by atoms with Gasteiger partial charge in [-0.2, -0.15) is 0 Å². The summed E-state index contributed by atoms with van der Waals surface area (Å²) >= 11 is 5.82. The molecule has 1 aromatic heterocycles. The number of aromatic nitrogens is 3. The second kappa shape index (κ2) is 10.0. The number of hydrogen-bond acceptors (Lipinski definition) is 4. The van der Waals surface area contributed by atoms with Crippen LogP contribution < -0.4 is 5.32 Å². The molecular formula is C18H22ClF2N5O. The van der Waals surface area contributed by atoms with Crippen LogP contribution in [0.1, 0.15) is 29.4 Å². The average Bonchev–Trinajstić information content (AvgIpc) is 3.09. The summed E-state index contributed by atoms with van der Waals surface area (Å²) < 4.78 is 29.0. The molecule has 6 nitrogen and oxygen atoms in total. The Morgan fingerprint density at radius 1 is 1.48 bits per heavy atom. The number of amides is 1. The molecule has 0 saturated heterocycles. The van der Waals surface area contributed by atoms with Crippen molar-refractivity contribution in [3.05, 3.63) is 58.8 Å². The van der Waals surface area contributed by atoms with Gasteiger partial charge >= 0.3 is 0 Å². The predicted octanol–water partition coefficient (Wildman–Crippen LogP) is 3.19. The molecule has 2 aromatic rings. The molecule has 0 radical (unpaired) electrons. The highest BCUT2D eigenvalue weighted by Crippen LogP contribution is 2.14. The maximum Gasteiger partial charge on any atom is 0.273 e. The predicted molar refractivity (Wildman–Crippen MR) is 99.6 cm³/mol. The van der Waals surface area contributed by atoms with E-state index in [1.807, 2.05) is 31.1 Å². The molecule has 1 amide bonds. The molecule has 0 bridgehead atoms. The summed E-state index contributed by atoms with van der Waals surface area (Å²) in [5.41, 5.74) is 0.299. The molecule has 0 aliphatic heterocycles. The van der Waals surface area contributed by atoms with Crippen LogP contribution >= 0.6 is 11.6 Å². The van der Waals surface area contributed by atoms with E-state index in [1.165, 1.54) is 29.1 Å². The summed E-state index contributed by atoms with van der Waals surface area (Å²) in [4.78, 5) is 14.0. The van der Waals surface area contributed by atoms with E-state index in [0.29, 0.717) is 18.0 Å². The van der Waals surface area contributed by atoms with Crippen molar-refractivity contribution in [3.63, 3.8) is 0 Å². The molecule has 0 spiro atoms. The first kappa shape index (κ1) is 20.8. The number of hydrogen-bond donors (Lipinski definition) is 1. The lowest BCUT2D eigenvalue weighted by Gasteiger charge is -2.15. The maximum atomic E-state index is 14.1.